The van der Waals surface area contributed by atoms with Crippen LogP contribution < -0.4 is 15.2 Å². The van der Waals surface area contributed by atoms with E-state index in [0.29, 0.717) is 28.7 Å². The number of rotatable bonds is 7. The standard InChI is InChI=1S/C19H17ClN2O3/c1-2-24-18-10-13(3-8-17(18)25-12-19(22)23)9-15(11-21)14-4-6-16(20)7-5-14/h3-10H,2,12H2,1H3,(H2,22,23)/b15-9-. The largest absolute Gasteiger partial charge is 0.490 e. The van der Waals surface area contributed by atoms with Gasteiger partial charge in [0.2, 0.25) is 0 Å². The molecule has 128 valence electrons. The maximum absolute atomic E-state index is 10.9. The van der Waals surface area contributed by atoms with Crippen LogP contribution in [0.4, 0.5) is 0 Å². The molecule has 2 aromatic rings. The van der Waals surface area contributed by atoms with Crippen molar-refractivity contribution in [2.75, 3.05) is 13.2 Å². The number of nitrogens with two attached hydrogens (primary N) is 1. The summed E-state index contributed by atoms with van der Waals surface area (Å²) in [7, 11) is 0. The molecule has 2 N–H and O–H groups in total. The zero-order valence-corrected chi connectivity index (χ0v) is 14.4. The quantitative estimate of drug-likeness (QED) is 0.606. The SMILES string of the molecule is CCOc1cc(/C=C(/C#N)c2ccc(Cl)cc2)ccc1OCC(N)=O. The molecule has 5 nitrogen and oxygen atoms in total. The smallest absolute Gasteiger partial charge is 0.255 e. The van der Waals surface area contributed by atoms with Gasteiger partial charge >= 0.3 is 0 Å². The van der Waals surface area contributed by atoms with Gasteiger partial charge in [0, 0.05) is 5.02 Å². The van der Waals surface area contributed by atoms with Crippen molar-refractivity contribution in [3.05, 3.63) is 58.6 Å². The topological polar surface area (TPSA) is 85.3 Å². The number of primary amides is 1. The van der Waals surface area contributed by atoms with Gasteiger partial charge in [-0.1, -0.05) is 29.8 Å². The molecule has 0 atom stereocenters. The van der Waals surface area contributed by atoms with Crippen molar-refractivity contribution in [1.82, 2.24) is 0 Å². The average molecular weight is 357 g/mol. The highest BCUT2D eigenvalue weighted by atomic mass is 35.5. The van der Waals surface area contributed by atoms with Gasteiger partial charge in [-0.15, -0.1) is 0 Å². The Morgan fingerprint density at radius 1 is 1.20 bits per heavy atom. The van der Waals surface area contributed by atoms with Crippen LogP contribution in [-0.4, -0.2) is 19.1 Å². The van der Waals surface area contributed by atoms with Crippen LogP contribution in [0.1, 0.15) is 18.1 Å². The maximum atomic E-state index is 10.9. The number of amides is 1. The summed E-state index contributed by atoms with van der Waals surface area (Å²) in [5, 5.41) is 10.0. The summed E-state index contributed by atoms with van der Waals surface area (Å²) in [6, 6.07) is 14.4. The first-order valence-electron chi connectivity index (χ1n) is 7.59. The number of carbonyl (C=O) groups excluding carboxylic acids is 1. The van der Waals surface area contributed by atoms with Gasteiger partial charge in [0.1, 0.15) is 0 Å². The fraction of sp³-hybridized carbons (Fsp3) is 0.158. The predicted octanol–water partition coefficient (Wildman–Crippen LogP) is 3.67. The van der Waals surface area contributed by atoms with E-state index in [4.69, 9.17) is 26.8 Å². The minimum Gasteiger partial charge on any atom is -0.490 e. The van der Waals surface area contributed by atoms with Gasteiger partial charge in [-0.05, 0) is 48.4 Å². The zero-order valence-electron chi connectivity index (χ0n) is 13.7. The highest BCUT2D eigenvalue weighted by Crippen LogP contribution is 2.30. The molecule has 2 aromatic carbocycles. The molecule has 0 aliphatic rings. The molecule has 0 aromatic heterocycles. The summed E-state index contributed by atoms with van der Waals surface area (Å²) in [5.41, 5.74) is 7.11. The van der Waals surface area contributed by atoms with E-state index in [2.05, 4.69) is 6.07 Å². The lowest BCUT2D eigenvalue weighted by molar-refractivity contribution is -0.119. The van der Waals surface area contributed by atoms with Gasteiger partial charge < -0.3 is 15.2 Å². The van der Waals surface area contributed by atoms with Crippen LogP contribution >= 0.6 is 11.6 Å². The number of allylic oxidation sites excluding steroid dienone is 1. The minimum absolute atomic E-state index is 0.233. The highest BCUT2D eigenvalue weighted by Gasteiger charge is 2.08. The van der Waals surface area contributed by atoms with E-state index in [9.17, 15) is 10.1 Å². The van der Waals surface area contributed by atoms with Crippen LogP contribution in [0.3, 0.4) is 0 Å². The third-order valence-electron chi connectivity index (χ3n) is 3.22. The molecule has 0 aliphatic heterocycles. The van der Waals surface area contributed by atoms with E-state index >= 15 is 0 Å². The van der Waals surface area contributed by atoms with Crippen LogP contribution in [0, 0.1) is 11.3 Å². The summed E-state index contributed by atoms with van der Waals surface area (Å²) in [5.74, 6) is 0.328. The van der Waals surface area contributed by atoms with Gasteiger partial charge in [0.05, 0.1) is 18.2 Å². The van der Waals surface area contributed by atoms with Crippen molar-refractivity contribution in [1.29, 1.82) is 5.26 Å². The Morgan fingerprint density at radius 3 is 2.52 bits per heavy atom. The van der Waals surface area contributed by atoms with Crippen molar-refractivity contribution in [2.24, 2.45) is 5.73 Å². The van der Waals surface area contributed by atoms with Crippen LogP contribution in [0.5, 0.6) is 11.5 Å². The second kappa shape index (κ2) is 8.76. The van der Waals surface area contributed by atoms with Gasteiger partial charge in [0.25, 0.3) is 5.91 Å². The number of benzene rings is 2. The van der Waals surface area contributed by atoms with E-state index in [-0.39, 0.29) is 6.61 Å². The number of hydrogen-bond acceptors (Lipinski definition) is 4. The molecule has 0 saturated heterocycles. The molecular weight excluding hydrogens is 340 g/mol. The number of carbonyl (C=O) groups is 1. The molecule has 2 rings (SSSR count). The van der Waals surface area contributed by atoms with Crippen LogP contribution in [0.2, 0.25) is 5.02 Å². The molecule has 0 fully saturated rings. The Balaban J connectivity index is 2.34. The Kier molecular flexibility index (Phi) is 6.44. The van der Waals surface area contributed by atoms with Crippen molar-refractivity contribution < 1.29 is 14.3 Å². The molecule has 6 heteroatoms. The molecule has 0 saturated carbocycles. The Hall–Kier alpha value is -2.97. The molecular formula is C19H17ClN2O3. The van der Waals surface area contributed by atoms with E-state index in [0.717, 1.165) is 11.1 Å². The first-order valence-corrected chi connectivity index (χ1v) is 7.97. The second-order valence-electron chi connectivity index (χ2n) is 5.07. The lowest BCUT2D eigenvalue weighted by Crippen LogP contribution is -2.20. The van der Waals surface area contributed by atoms with Crippen molar-refractivity contribution in [3.63, 3.8) is 0 Å². The molecule has 25 heavy (non-hydrogen) atoms. The molecule has 0 bridgehead atoms. The van der Waals surface area contributed by atoms with Crippen LogP contribution in [0.15, 0.2) is 42.5 Å². The second-order valence-corrected chi connectivity index (χ2v) is 5.51. The Bertz CT molecular complexity index is 824. The molecule has 0 aliphatic carbocycles. The fourth-order valence-corrected chi connectivity index (χ4v) is 2.25. The van der Waals surface area contributed by atoms with E-state index < -0.39 is 5.91 Å². The van der Waals surface area contributed by atoms with Crippen molar-refractivity contribution in [2.45, 2.75) is 6.92 Å². The molecule has 1 amide bonds. The first kappa shape index (κ1) is 18.4. The number of hydrogen-bond donors (Lipinski definition) is 1. The summed E-state index contributed by atoms with van der Waals surface area (Å²) in [6.07, 6.45) is 1.74. The average Bonchev–Trinajstić information content (AvgIpc) is 2.60. The molecule has 0 unspecified atom stereocenters. The van der Waals surface area contributed by atoms with Gasteiger partial charge in [-0.3, -0.25) is 4.79 Å². The summed E-state index contributed by atoms with van der Waals surface area (Å²) in [6.45, 7) is 2.04. The predicted molar refractivity (Wildman–Crippen MR) is 97.2 cm³/mol. The lowest BCUT2D eigenvalue weighted by atomic mass is 10.0. The van der Waals surface area contributed by atoms with E-state index in [1.165, 1.54) is 0 Å². The zero-order chi connectivity index (χ0) is 18.2. The van der Waals surface area contributed by atoms with Crippen LogP contribution in [-0.2, 0) is 4.79 Å². The minimum atomic E-state index is -0.569. The third kappa shape index (κ3) is 5.27. The van der Waals surface area contributed by atoms with Crippen molar-refractivity contribution in [3.8, 4) is 17.6 Å². The maximum Gasteiger partial charge on any atom is 0.255 e. The Morgan fingerprint density at radius 2 is 1.92 bits per heavy atom. The number of halogens is 1. The van der Waals surface area contributed by atoms with E-state index in [1.807, 2.05) is 6.92 Å². The molecule has 0 heterocycles. The summed E-state index contributed by atoms with van der Waals surface area (Å²) in [4.78, 5) is 10.9. The first-order chi connectivity index (χ1) is 12.0. The highest BCUT2D eigenvalue weighted by molar-refractivity contribution is 6.30. The van der Waals surface area contributed by atoms with Gasteiger partial charge in [0.15, 0.2) is 18.1 Å². The van der Waals surface area contributed by atoms with Crippen LogP contribution in [0.25, 0.3) is 11.6 Å². The number of nitriles is 1. The molecule has 0 radical (unpaired) electrons. The fourth-order valence-electron chi connectivity index (χ4n) is 2.13. The number of nitrogens with zero attached hydrogens (tertiary/aromatic N) is 1. The lowest BCUT2D eigenvalue weighted by Gasteiger charge is -2.11. The van der Waals surface area contributed by atoms with E-state index in [1.54, 1.807) is 48.5 Å². The normalized spacial score (nSPS) is 10.8. The van der Waals surface area contributed by atoms with Crippen molar-refractivity contribution >= 4 is 29.2 Å². The Labute approximate surface area is 151 Å². The third-order valence-corrected chi connectivity index (χ3v) is 3.48. The van der Waals surface area contributed by atoms with Gasteiger partial charge in [-0.2, -0.15) is 5.26 Å². The summed E-state index contributed by atoms with van der Waals surface area (Å²) >= 11 is 5.88. The monoisotopic (exact) mass is 356 g/mol. The number of ether oxygens (including phenoxy) is 2. The molecule has 0 spiro atoms. The van der Waals surface area contributed by atoms with Gasteiger partial charge in [-0.25, -0.2) is 0 Å². The summed E-state index contributed by atoms with van der Waals surface area (Å²) < 4.78 is 10.9.